The number of fused-ring (bicyclic) bond motifs is 2. The number of hydrogen-bond donors (Lipinski definition) is 1. The molecule has 2 aliphatic heterocycles. The number of benzene rings is 1. The van der Waals surface area contributed by atoms with Gasteiger partial charge in [-0.3, -0.25) is 10.2 Å². The lowest BCUT2D eigenvalue weighted by molar-refractivity contribution is 0.0298. The van der Waals surface area contributed by atoms with Gasteiger partial charge in [-0.15, -0.1) is 0 Å². The van der Waals surface area contributed by atoms with Crippen LogP contribution in [0.25, 0.3) is 0 Å². The summed E-state index contributed by atoms with van der Waals surface area (Å²) in [5.74, 6) is 0.0820. The van der Waals surface area contributed by atoms with Crippen molar-refractivity contribution in [1.82, 2.24) is 10.0 Å². The molecule has 0 amide bonds. The molecule has 0 spiro atoms. The topological polar surface area (TPSA) is 48.7 Å². The van der Waals surface area contributed by atoms with E-state index in [9.17, 15) is 14.0 Å². The summed E-state index contributed by atoms with van der Waals surface area (Å²) < 4.78 is 29.4. The van der Waals surface area contributed by atoms with Crippen LogP contribution in [0.5, 0.6) is 0 Å². The number of aromatic nitrogens is 1. The van der Waals surface area contributed by atoms with Gasteiger partial charge in [0.25, 0.3) is 6.43 Å². The molecule has 0 radical (unpaired) electrons. The lowest BCUT2D eigenvalue weighted by atomic mass is 9.68. The highest BCUT2D eigenvalue weighted by atomic mass is 35.5. The van der Waals surface area contributed by atoms with Gasteiger partial charge < -0.3 is 0 Å². The molecule has 7 heteroatoms. The lowest BCUT2D eigenvalue weighted by Crippen LogP contribution is -2.47. The maximum absolute atomic E-state index is 14.7. The highest BCUT2D eigenvalue weighted by Crippen LogP contribution is 2.50. The summed E-state index contributed by atoms with van der Waals surface area (Å²) in [7, 11) is 0. The highest BCUT2D eigenvalue weighted by molar-refractivity contribution is 6.30. The predicted octanol–water partition coefficient (Wildman–Crippen LogP) is 4.67. The van der Waals surface area contributed by atoms with Crippen LogP contribution >= 0.6 is 11.6 Å². The molecule has 1 aromatic heterocycles. The SMILES string of the molecule is ON1C=CC=C2C1=Nc1ccc(Cl)cc1C2(Cc1ccccn1)C(F)F. The maximum Gasteiger partial charge on any atom is 0.252 e. The smallest absolute Gasteiger partial charge is 0.252 e. The van der Waals surface area contributed by atoms with Crippen molar-refractivity contribution in [1.29, 1.82) is 0 Å². The zero-order valence-corrected chi connectivity index (χ0v) is 14.2. The van der Waals surface area contributed by atoms with Gasteiger partial charge in [0.2, 0.25) is 0 Å². The number of aliphatic imine (C=N–C) groups is 1. The van der Waals surface area contributed by atoms with Crippen LogP contribution in [0, 0.1) is 0 Å². The third-order valence-electron chi connectivity index (χ3n) is 4.65. The van der Waals surface area contributed by atoms with Gasteiger partial charge in [0.15, 0.2) is 5.84 Å². The number of pyridine rings is 1. The van der Waals surface area contributed by atoms with Crippen molar-refractivity contribution < 1.29 is 14.0 Å². The molecule has 4 nitrogen and oxygen atoms in total. The van der Waals surface area contributed by atoms with Crippen molar-refractivity contribution >= 4 is 23.1 Å². The van der Waals surface area contributed by atoms with Crippen molar-refractivity contribution in [3.05, 3.63) is 82.8 Å². The van der Waals surface area contributed by atoms with E-state index >= 15 is 0 Å². The molecule has 0 aliphatic carbocycles. The Labute approximate surface area is 153 Å². The molecule has 0 fully saturated rings. The minimum absolute atomic E-state index is 0.0502. The number of amidine groups is 1. The van der Waals surface area contributed by atoms with Crippen LogP contribution in [0.15, 0.2) is 71.5 Å². The molecule has 1 unspecified atom stereocenters. The van der Waals surface area contributed by atoms with Gasteiger partial charge in [-0.2, -0.15) is 0 Å². The molecule has 0 bridgehead atoms. The van der Waals surface area contributed by atoms with Crippen LogP contribution in [-0.4, -0.2) is 27.5 Å². The Kier molecular flexibility index (Phi) is 4.09. The van der Waals surface area contributed by atoms with E-state index in [1.807, 2.05) is 0 Å². The first-order valence-corrected chi connectivity index (χ1v) is 8.34. The Morgan fingerprint density at radius 2 is 2.08 bits per heavy atom. The number of allylic oxidation sites excluding steroid dienone is 2. The molecule has 26 heavy (non-hydrogen) atoms. The Morgan fingerprint density at radius 3 is 2.81 bits per heavy atom. The van der Waals surface area contributed by atoms with Crippen molar-refractivity contribution in [3.63, 3.8) is 0 Å². The van der Waals surface area contributed by atoms with Gasteiger partial charge in [0.05, 0.1) is 11.1 Å². The van der Waals surface area contributed by atoms with Crippen LogP contribution < -0.4 is 0 Å². The number of hydrogen-bond acceptors (Lipinski definition) is 4. The van der Waals surface area contributed by atoms with Crippen molar-refractivity contribution in [2.75, 3.05) is 0 Å². The number of rotatable bonds is 3. The average molecular weight is 374 g/mol. The summed E-state index contributed by atoms with van der Waals surface area (Å²) in [6, 6.07) is 9.89. The Hall–Kier alpha value is -2.57. The molecular formula is C19H14ClF2N3O. The second-order valence-corrected chi connectivity index (χ2v) is 6.57. The average Bonchev–Trinajstić information content (AvgIpc) is 2.63. The summed E-state index contributed by atoms with van der Waals surface area (Å²) in [5, 5.41) is 11.3. The van der Waals surface area contributed by atoms with E-state index in [4.69, 9.17) is 11.6 Å². The molecular weight excluding hydrogens is 360 g/mol. The summed E-state index contributed by atoms with van der Waals surface area (Å²) >= 11 is 6.11. The van der Waals surface area contributed by atoms with Gasteiger partial charge >= 0.3 is 0 Å². The molecule has 1 aromatic carbocycles. The largest absolute Gasteiger partial charge is 0.283 e. The van der Waals surface area contributed by atoms with Crippen LogP contribution in [0.3, 0.4) is 0 Å². The van der Waals surface area contributed by atoms with E-state index in [0.717, 1.165) is 5.06 Å². The first kappa shape index (κ1) is 16.9. The first-order valence-electron chi connectivity index (χ1n) is 7.96. The zero-order valence-electron chi connectivity index (χ0n) is 13.5. The van der Waals surface area contributed by atoms with Crippen LogP contribution in [0.2, 0.25) is 5.02 Å². The molecule has 0 saturated heterocycles. The molecule has 1 N–H and O–H groups in total. The Balaban J connectivity index is 2.01. The number of alkyl halides is 2. The van der Waals surface area contributed by atoms with Gasteiger partial charge in [-0.25, -0.2) is 18.8 Å². The van der Waals surface area contributed by atoms with Crippen LogP contribution in [0.4, 0.5) is 14.5 Å². The standard InChI is InChI=1S/C19H14ClF2N3O/c20-12-6-7-16-15(10-12)19(18(21)22,11-13-4-1-2-8-23-13)14-5-3-9-25(26)17(14)24-16/h1-10,18,26H,11H2. The first-order chi connectivity index (χ1) is 12.5. The molecule has 0 saturated carbocycles. The van der Waals surface area contributed by atoms with E-state index in [1.54, 1.807) is 42.6 Å². The fourth-order valence-corrected chi connectivity index (χ4v) is 3.63. The van der Waals surface area contributed by atoms with Crippen molar-refractivity contribution in [2.24, 2.45) is 4.99 Å². The maximum atomic E-state index is 14.7. The lowest BCUT2D eigenvalue weighted by Gasteiger charge is -2.41. The van der Waals surface area contributed by atoms with Crippen molar-refractivity contribution in [2.45, 2.75) is 18.3 Å². The Morgan fingerprint density at radius 1 is 1.23 bits per heavy atom. The van der Waals surface area contributed by atoms with Gasteiger partial charge in [0.1, 0.15) is 0 Å². The monoisotopic (exact) mass is 373 g/mol. The van der Waals surface area contributed by atoms with E-state index < -0.39 is 11.8 Å². The quantitative estimate of drug-likeness (QED) is 0.850. The summed E-state index contributed by atoms with van der Waals surface area (Å²) in [6.07, 6.45) is 3.19. The highest BCUT2D eigenvalue weighted by Gasteiger charge is 2.51. The third kappa shape index (κ3) is 2.53. The minimum atomic E-state index is -2.77. The van der Waals surface area contributed by atoms with E-state index in [2.05, 4.69) is 9.98 Å². The fraction of sp³-hybridized carbons (Fsp3) is 0.158. The fourth-order valence-electron chi connectivity index (χ4n) is 3.46. The molecule has 1 atom stereocenters. The third-order valence-corrected chi connectivity index (χ3v) is 4.89. The predicted molar refractivity (Wildman–Crippen MR) is 95.0 cm³/mol. The molecule has 132 valence electrons. The second-order valence-electron chi connectivity index (χ2n) is 6.13. The molecule has 2 aromatic rings. The zero-order chi connectivity index (χ0) is 18.3. The van der Waals surface area contributed by atoms with Crippen LogP contribution in [0.1, 0.15) is 11.3 Å². The van der Waals surface area contributed by atoms with Crippen molar-refractivity contribution in [3.8, 4) is 0 Å². The number of hydroxylamine groups is 2. The van der Waals surface area contributed by atoms with Gasteiger partial charge in [-0.1, -0.05) is 23.7 Å². The van der Waals surface area contributed by atoms with E-state index in [0.29, 0.717) is 22.0 Å². The number of halogens is 3. The van der Waals surface area contributed by atoms with Gasteiger partial charge in [-0.05, 0) is 42.0 Å². The van der Waals surface area contributed by atoms with E-state index in [1.165, 1.54) is 18.3 Å². The number of nitrogens with zero attached hydrogens (tertiary/aromatic N) is 3. The molecule has 4 rings (SSSR count). The summed E-state index contributed by atoms with van der Waals surface area (Å²) in [5.41, 5.74) is -0.299. The normalized spacial score (nSPS) is 21.2. The van der Waals surface area contributed by atoms with Gasteiger partial charge in [0, 0.05) is 35.1 Å². The Bertz CT molecular complexity index is 943. The molecule has 2 aliphatic rings. The summed E-state index contributed by atoms with van der Waals surface area (Å²) in [4.78, 5) is 8.59. The van der Waals surface area contributed by atoms with Crippen LogP contribution in [-0.2, 0) is 11.8 Å². The molecule has 3 heterocycles. The minimum Gasteiger partial charge on any atom is -0.283 e. The van der Waals surface area contributed by atoms with E-state index in [-0.39, 0.29) is 17.8 Å². The second kappa shape index (κ2) is 6.30. The summed E-state index contributed by atoms with van der Waals surface area (Å²) in [6.45, 7) is 0.